The number of imide groups is 1. The molecule has 0 aromatic heterocycles. The fourth-order valence-electron chi connectivity index (χ4n) is 10.0. The molecular weight excluding hydrogens is 1020 g/mol. The third-order valence-corrected chi connectivity index (χ3v) is 14.6. The van der Waals surface area contributed by atoms with Gasteiger partial charge in [-0.15, -0.1) is 0 Å². The summed E-state index contributed by atoms with van der Waals surface area (Å²) in [5.74, 6) is 0.342. The van der Waals surface area contributed by atoms with E-state index >= 15 is 0 Å². The number of unbranched alkanes of at least 4 members (excludes halogenated alkanes) is 2. The van der Waals surface area contributed by atoms with E-state index in [9.17, 15) is 33.9 Å². The van der Waals surface area contributed by atoms with Gasteiger partial charge in [-0.1, -0.05) is 44.5 Å². The molecule has 5 aliphatic heterocycles. The second-order valence-corrected chi connectivity index (χ2v) is 20.4. The Labute approximate surface area is 464 Å². The summed E-state index contributed by atoms with van der Waals surface area (Å²) in [6.45, 7) is 6.10. The standard InChI is InChI=1S/C60H66N8O12/c1-35(2)56(65-53(69)11-8-7-9-22-66-54(70)20-21-55(66)71)58(73)63-36(3)57(72)64-41-16-12-37(13-17-41)39-25-42-31-61-47-29-51(49(77-5)27-45(47)59(74)67(42)33-39)79-23-10-24-80-52-30-48-46(28-50(52)78-6)60(75)68-34-40(26-43(68)32-62-48)38-14-18-44(76-4)19-15-38/h12-21,27-36,42-43,56-57,64,72H,7-11,22-26H2,1-6H3,(H,63,73)(H,65,69)/t36-,42-,43-,56-,57?/m0/s1. The molecule has 1 unspecified atom stereocenters. The molecule has 4 N–H and O–H groups in total. The Morgan fingerprint density at radius 3 is 1.68 bits per heavy atom. The van der Waals surface area contributed by atoms with Gasteiger partial charge in [0.2, 0.25) is 11.8 Å². The van der Waals surface area contributed by atoms with Gasteiger partial charge >= 0.3 is 0 Å². The van der Waals surface area contributed by atoms with Crippen molar-refractivity contribution in [2.75, 3.05) is 46.4 Å². The van der Waals surface area contributed by atoms with Gasteiger partial charge < -0.3 is 54.5 Å². The monoisotopic (exact) mass is 1090 g/mol. The Kier molecular flexibility index (Phi) is 17.4. The van der Waals surface area contributed by atoms with Crippen LogP contribution < -0.4 is 39.6 Å². The average molecular weight is 1090 g/mol. The molecule has 0 saturated carbocycles. The molecule has 0 saturated heterocycles. The molecule has 0 fully saturated rings. The number of carbonyl (C=O) groups is 6. The van der Waals surface area contributed by atoms with Crippen molar-refractivity contribution in [3.63, 3.8) is 0 Å². The average Bonchev–Trinajstić information content (AvgIpc) is 4.15. The number of benzene rings is 4. The van der Waals surface area contributed by atoms with Crippen molar-refractivity contribution in [3.8, 4) is 28.7 Å². The van der Waals surface area contributed by atoms with E-state index in [1.54, 1.807) is 72.7 Å². The highest BCUT2D eigenvalue weighted by molar-refractivity contribution is 6.13. The number of carbonyl (C=O) groups excluding carboxylic acids is 6. The van der Waals surface area contributed by atoms with Crippen LogP contribution in [-0.4, -0.2) is 139 Å². The predicted octanol–water partition coefficient (Wildman–Crippen LogP) is 7.36. The van der Waals surface area contributed by atoms with Gasteiger partial charge in [0.05, 0.1) is 75.2 Å². The van der Waals surface area contributed by atoms with Gasteiger partial charge in [-0.2, -0.15) is 0 Å². The molecule has 5 aliphatic rings. The first-order valence-corrected chi connectivity index (χ1v) is 26.8. The highest BCUT2D eigenvalue weighted by Crippen LogP contribution is 2.42. The number of aliphatic imine (C=N–C) groups is 2. The SMILES string of the molecule is COc1ccc(C2=CN3C(=O)c4cc(OC)c(OCCCOc5cc6c(cc5OC)C(=O)N5C=C(c7ccc(NC(O)[C@H](C)NC(=O)[C@@H](NC(=O)CCCCCN8C(=O)C=CC8=O)C(C)C)cc7)C[C@H]5C=N6)cc4N=C[C@@H]3C2)cc1. The number of methoxy groups -OCH3 is 3. The second kappa shape index (κ2) is 24.9. The molecule has 0 aliphatic carbocycles. The van der Waals surface area contributed by atoms with Crippen LogP contribution in [0.3, 0.4) is 0 Å². The largest absolute Gasteiger partial charge is 0.497 e. The maximum Gasteiger partial charge on any atom is 0.260 e. The highest BCUT2D eigenvalue weighted by atomic mass is 16.5. The molecule has 20 nitrogen and oxygen atoms in total. The highest BCUT2D eigenvalue weighted by Gasteiger charge is 2.36. The topological polar surface area (TPSA) is 239 Å². The van der Waals surface area contributed by atoms with Gasteiger partial charge in [-0.3, -0.25) is 43.7 Å². The minimum Gasteiger partial charge on any atom is -0.497 e. The smallest absolute Gasteiger partial charge is 0.260 e. The van der Waals surface area contributed by atoms with Gasteiger partial charge in [0.25, 0.3) is 23.6 Å². The minimum absolute atomic E-state index is 0.180. The first-order chi connectivity index (χ1) is 38.6. The lowest BCUT2D eigenvalue weighted by Gasteiger charge is -2.27. The molecule has 80 heavy (non-hydrogen) atoms. The third-order valence-electron chi connectivity index (χ3n) is 14.6. The van der Waals surface area contributed by atoms with Crippen LogP contribution >= 0.6 is 0 Å². The summed E-state index contributed by atoms with van der Waals surface area (Å²) in [5, 5.41) is 19.7. The molecule has 0 spiro atoms. The zero-order valence-corrected chi connectivity index (χ0v) is 45.6. The Morgan fingerprint density at radius 1 is 0.650 bits per heavy atom. The van der Waals surface area contributed by atoms with E-state index in [1.807, 2.05) is 62.6 Å². The fraction of sp³-hybridized carbons (Fsp3) is 0.367. The van der Waals surface area contributed by atoms with E-state index < -0.39 is 24.2 Å². The maximum absolute atomic E-state index is 14.1. The molecule has 4 aromatic rings. The number of amides is 6. The number of aliphatic hydroxyl groups excluding tert-OH is 1. The van der Waals surface area contributed by atoms with E-state index in [1.165, 1.54) is 31.3 Å². The number of hydrogen-bond donors (Lipinski definition) is 4. The summed E-state index contributed by atoms with van der Waals surface area (Å²) in [6.07, 6.45) is 12.1. The summed E-state index contributed by atoms with van der Waals surface area (Å²) in [6, 6.07) is 19.7. The number of anilines is 1. The molecule has 9 rings (SSSR count). The predicted molar refractivity (Wildman–Crippen MR) is 301 cm³/mol. The molecule has 5 heterocycles. The van der Waals surface area contributed by atoms with Crippen LogP contribution in [0.25, 0.3) is 11.1 Å². The van der Waals surface area contributed by atoms with E-state index in [-0.39, 0.29) is 67.2 Å². The number of hydrogen-bond acceptors (Lipinski definition) is 15. The zero-order chi connectivity index (χ0) is 56.6. The van der Waals surface area contributed by atoms with E-state index in [0.29, 0.717) is 96.3 Å². The summed E-state index contributed by atoms with van der Waals surface area (Å²) < 4.78 is 29.0. The molecule has 0 bridgehead atoms. The van der Waals surface area contributed by atoms with Crippen LogP contribution in [0.2, 0.25) is 0 Å². The minimum atomic E-state index is -1.17. The fourth-order valence-corrected chi connectivity index (χ4v) is 10.0. The molecular formula is C60H66N8O12. The number of nitrogens with zero attached hydrogens (tertiary/aromatic N) is 5. The van der Waals surface area contributed by atoms with Crippen LogP contribution in [0.5, 0.6) is 28.7 Å². The van der Waals surface area contributed by atoms with E-state index in [4.69, 9.17) is 33.7 Å². The second-order valence-electron chi connectivity index (χ2n) is 20.4. The Balaban J connectivity index is 0.739. The molecule has 20 heteroatoms. The molecule has 6 amide bonds. The number of rotatable bonds is 24. The summed E-state index contributed by atoms with van der Waals surface area (Å²) in [4.78, 5) is 91.6. The van der Waals surface area contributed by atoms with Crippen molar-refractivity contribution < 1.29 is 57.6 Å². The zero-order valence-electron chi connectivity index (χ0n) is 45.6. The van der Waals surface area contributed by atoms with Crippen LogP contribution in [0.4, 0.5) is 17.1 Å². The normalized spacial score (nSPS) is 18.1. The first kappa shape index (κ1) is 56.0. The lowest BCUT2D eigenvalue weighted by molar-refractivity contribution is -0.137. The Bertz CT molecular complexity index is 3170. The summed E-state index contributed by atoms with van der Waals surface area (Å²) >= 11 is 0. The number of ether oxygens (including phenoxy) is 5. The lowest BCUT2D eigenvalue weighted by atomic mass is 10.0. The molecule has 0 radical (unpaired) electrons. The van der Waals surface area contributed by atoms with Crippen LogP contribution in [0.15, 0.2) is 107 Å². The Morgan fingerprint density at radius 2 is 1.18 bits per heavy atom. The van der Waals surface area contributed by atoms with Crippen molar-refractivity contribution in [1.29, 1.82) is 0 Å². The van der Waals surface area contributed by atoms with Crippen LogP contribution in [-0.2, 0) is 19.2 Å². The van der Waals surface area contributed by atoms with Gasteiger partial charge in [0.15, 0.2) is 23.0 Å². The molecule has 418 valence electrons. The Hall–Kier alpha value is -8.78. The van der Waals surface area contributed by atoms with Crippen LogP contribution in [0.1, 0.15) is 97.6 Å². The molecule has 4 aromatic carbocycles. The van der Waals surface area contributed by atoms with Gasteiger partial charge in [-0.05, 0) is 84.4 Å². The van der Waals surface area contributed by atoms with E-state index in [2.05, 4.69) is 16.0 Å². The summed E-state index contributed by atoms with van der Waals surface area (Å²) in [5.41, 5.74) is 6.12. The maximum atomic E-state index is 14.1. The van der Waals surface area contributed by atoms with Crippen molar-refractivity contribution in [2.24, 2.45) is 15.9 Å². The van der Waals surface area contributed by atoms with Crippen molar-refractivity contribution in [1.82, 2.24) is 25.3 Å². The third kappa shape index (κ3) is 12.5. The van der Waals surface area contributed by atoms with Crippen molar-refractivity contribution >= 4 is 76.1 Å². The first-order valence-electron chi connectivity index (χ1n) is 26.8. The van der Waals surface area contributed by atoms with E-state index in [0.717, 1.165) is 28.0 Å². The quantitative estimate of drug-likeness (QED) is 0.0305. The number of aliphatic hydroxyl groups is 1. The number of nitrogens with one attached hydrogen (secondary N) is 3. The number of fused-ring (bicyclic) bond motifs is 4. The van der Waals surface area contributed by atoms with Crippen LogP contribution in [0, 0.1) is 5.92 Å². The van der Waals surface area contributed by atoms with Crippen molar-refractivity contribution in [3.05, 3.63) is 120 Å². The van der Waals surface area contributed by atoms with Gasteiger partial charge in [0, 0.05) is 87.0 Å². The summed E-state index contributed by atoms with van der Waals surface area (Å²) in [7, 11) is 4.66. The van der Waals surface area contributed by atoms with Gasteiger partial charge in [-0.25, -0.2) is 0 Å². The van der Waals surface area contributed by atoms with Crippen molar-refractivity contribution in [2.45, 2.75) is 96.1 Å². The molecule has 5 atom stereocenters. The lowest BCUT2D eigenvalue weighted by Crippen LogP contribution is -2.54. The van der Waals surface area contributed by atoms with Gasteiger partial charge in [0.1, 0.15) is 18.0 Å².